The maximum Gasteiger partial charge on any atom is 0.227 e. The van der Waals surface area contributed by atoms with E-state index in [0.29, 0.717) is 19.2 Å². The van der Waals surface area contributed by atoms with Crippen molar-refractivity contribution >= 4 is 11.6 Å². The number of methoxy groups -OCH3 is 1. The quantitative estimate of drug-likeness (QED) is 0.697. The summed E-state index contributed by atoms with van der Waals surface area (Å²) in [7, 11) is 1.72. The van der Waals surface area contributed by atoms with Crippen molar-refractivity contribution in [1.82, 2.24) is 14.9 Å². The van der Waals surface area contributed by atoms with E-state index in [2.05, 4.69) is 27.3 Å². The first-order valence-corrected chi connectivity index (χ1v) is 10.1. The predicted octanol–water partition coefficient (Wildman–Crippen LogP) is 3.56. The number of nitrogens with zero attached hydrogens (tertiary/aromatic N) is 3. The topological polar surface area (TPSA) is 68.7 Å². The van der Waals surface area contributed by atoms with Gasteiger partial charge in [0.2, 0.25) is 5.95 Å². The van der Waals surface area contributed by atoms with Gasteiger partial charge in [0.1, 0.15) is 19.0 Å². The van der Waals surface area contributed by atoms with E-state index in [0.717, 1.165) is 54.7 Å². The Labute approximate surface area is 175 Å². The van der Waals surface area contributed by atoms with Crippen LogP contribution < -0.4 is 19.5 Å². The highest BCUT2D eigenvalue weighted by atomic mass is 16.6. The second kappa shape index (κ2) is 8.20. The van der Waals surface area contributed by atoms with Crippen molar-refractivity contribution in [3.63, 3.8) is 0 Å². The maximum atomic E-state index is 5.65. The number of hydrogen-bond acceptors (Lipinski definition) is 7. The third kappa shape index (κ3) is 3.89. The van der Waals surface area contributed by atoms with E-state index in [-0.39, 0.29) is 0 Å². The summed E-state index contributed by atoms with van der Waals surface area (Å²) < 4.78 is 16.7. The van der Waals surface area contributed by atoms with Gasteiger partial charge >= 0.3 is 0 Å². The Kier molecular flexibility index (Phi) is 5.11. The molecule has 1 aromatic heterocycles. The molecule has 30 heavy (non-hydrogen) atoms. The van der Waals surface area contributed by atoms with Crippen molar-refractivity contribution in [3.8, 4) is 17.2 Å². The Morgan fingerprint density at radius 3 is 2.87 bits per heavy atom. The van der Waals surface area contributed by atoms with E-state index < -0.39 is 0 Å². The van der Waals surface area contributed by atoms with E-state index in [1.807, 2.05) is 36.5 Å². The summed E-state index contributed by atoms with van der Waals surface area (Å²) >= 11 is 0. The number of benzene rings is 2. The average molecular weight is 404 g/mol. The average Bonchev–Trinajstić information content (AvgIpc) is 2.79. The number of para-hydroxylation sites is 1. The summed E-state index contributed by atoms with van der Waals surface area (Å²) in [6.07, 6.45) is 2.82. The van der Waals surface area contributed by atoms with Crippen LogP contribution in [0.1, 0.15) is 16.8 Å². The molecule has 3 aromatic rings. The van der Waals surface area contributed by atoms with E-state index in [4.69, 9.17) is 19.2 Å². The molecule has 2 aliphatic rings. The van der Waals surface area contributed by atoms with Gasteiger partial charge in [0.05, 0.1) is 12.8 Å². The number of anilines is 2. The normalized spacial score (nSPS) is 15.4. The molecule has 3 heterocycles. The van der Waals surface area contributed by atoms with Crippen LogP contribution in [0.2, 0.25) is 0 Å². The van der Waals surface area contributed by atoms with Gasteiger partial charge in [0, 0.05) is 55.1 Å². The molecule has 0 aliphatic carbocycles. The maximum absolute atomic E-state index is 5.65. The van der Waals surface area contributed by atoms with Crippen LogP contribution in [0.5, 0.6) is 17.2 Å². The summed E-state index contributed by atoms with van der Waals surface area (Å²) in [6.45, 7) is 3.78. The molecule has 2 aliphatic heterocycles. The Morgan fingerprint density at radius 2 is 1.97 bits per heavy atom. The van der Waals surface area contributed by atoms with Gasteiger partial charge in [0.15, 0.2) is 11.5 Å². The number of nitrogens with one attached hydrogen (secondary N) is 1. The molecular formula is C23H24N4O3. The molecule has 0 bridgehead atoms. The highest BCUT2D eigenvalue weighted by Gasteiger charge is 2.20. The fraction of sp³-hybridized carbons (Fsp3) is 0.304. The predicted molar refractivity (Wildman–Crippen MR) is 114 cm³/mol. The third-order valence-corrected chi connectivity index (χ3v) is 5.40. The van der Waals surface area contributed by atoms with Crippen LogP contribution >= 0.6 is 0 Å². The number of fused-ring (bicyclic) bond motifs is 2. The number of hydrogen-bond donors (Lipinski definition) is 1. The summed E-state index contributed by atoms with van der Waals surface area (Å²) in [5.41, 5.74) is 4.35. The van der Waals surface area contributed by atoms with Crippen LogP contribution in [0.25, 0.3) is 0 Å². The Hall–Kier alpha value is -3.32. The van der Waals surface area contributed by atoms with E-state index >= 15 is 0 Å². The van der Waals surface area contributed by atoms with Gasteiger partial charge in [-0.15, -0.1) is 0 Å². The number of aromatic nitrogens is 2. The first-order valence-electron chi connectivity index (χ1n) is 10.1. The lowest BCUT2D eigenvalue weighted by molar-refractivity contribution is 0.171. The molecule has 1 N–H and O–H groups in total. The molecule has 0 radical (unpaired) electrons. The molecule has 0 unspecified atom stereocenters. The van der Waals surface area contributed by atoms with Gasteiger partial charge in [0.25, 0.3) is 0 Å². The molecule has 2 aromatic carbocycles. The molecule has 154 valence electrons. The van der Waals surface area contributed by atoms with Gasteiger partial charge in [-0.1, -0.05) is 18.2 Å². The van der Waals surface area contributed by atoms with Crippen molar-refractivity contribution in [3.05, 3.63) is 65.5 Å². The molecular weight excluding hydrogens is 380 g/mol. The molecule has 7 nitrogen and oxygen atoms in total. The standard InChI is InChI=1S/C23H24N4O3/c1-28-20-5-3-2-4-16(20)14-27-9-8-19-17(15-27)13-24-23(26-19)25-18-6-7-21-22(12-18)30-11-10-29-21/h2-7,12-13H,8-11,14-15H2,1H3,(H,24,25,26). The largest absolute Gasteiger partial charge is 0.496 e. The van der Waals surface area contributed by atoms with Gasteiger partial charge in [-0.3, -0.25) is 4.90 Å². The van der Waals surface area contributed by atoms with Crippen molar-refractivity contribution in [2.75, 3.05) is 32.2 Å². The third-order valence-electron chi connectivity index (χ3n) is 5.40. The van der Waals surface area contributed by atoms with Crippen LogP contribution in [0.15, 0.2) is 48.7 Å². The lowest BCUT2D eigenvalue weighted by atomic mass is 10.1. The fourth-order valence-corrected chi connectivity index (χ4v) is 3.89. The second-order valence-corrected chi connectivity index (χ2v) is 7.42. The Morgan fingerprint density at radius 1 is 1.10 bits per heavy atom. The van der Waals surface area contributed by atoms with Crippen LogP contribution in [0, 0.1) is 0 Å². The van der Waals surface area contributed by atoms with Gasteiger partial charge in [-0.25, -0.2) is 9.97 Å². The molecule has 5 rings (SSSR count). The first kappa shape index (κ1) is 18.7. The lowest BCUT2D eigenvalue weighted by Gasteiger charge is -2.28. The summed E-state index contributed by atoms with van der Waals surface area (Å²) in [4.78, 5) is 11.7. The summed E-state index contributed by atoms with van der Waals surface area (Å²) in [5, 5.41) is 3.28. The smallest absolute Gasteiger partial charge is 0.227 e. The van der Waals surface area contributed by atoms with Crippen LogP contribution in [-0.2, 0) is 19.5 Å². The molecule has 0 atom stereocenters. The summed E-state index contributed by atoms with van der Waals surface area (Å²) in [5.74, 6) is 3.05. The van der Waals surface area contributed by atoms with E-state index in [9.17, 15) is 0 Å². The minimum absolute atomic E-state index is 0.567. The fourth-order valence-electron chi connectivity index (χ4n) is 3.89. The van der Waals surface area contributed by atoms with Gasteiger partial charge in [-0.2, -0.15) is 0 Å². The molecule has 0 amide bonds. The van der Waals surface area contributed by atoms with Crippen molar-refractivity contribution < 1.29 is 14.2 Å². The second-order valence-electron chi connectivity index (χ2n) is 7.42. The minimum Gasteiger partial charge on any atom is -0.496 e. The molecule has 7 heteroatoms. The molecule has 0 fully saturated rings. The SMILES string of the molecule is COc1ccccc1CN1CCc2nc(Nc3ccc4c(c3)OCCO4)ncc2C1. The minimum atomic E-state index is 0.567. The van der Waals surface area contributed by atoms with E-state index in [1.165, 1.54) is 11.1 Å². The molecule has 0 saturated carbocycles. The zero-order valence-electron chi connectivity index (χ0n) is 16.9. The molecule has 0 saturated heterocycles. The van der Waals surface area contributed by atoms with Gasteiger partial charge < -0.3 is 19.5 Å². The monoisotopic (exact) mass is 404 g/mol. The van der Waals surface area contributed by atoms with Crippen molar-refractivity contribution in [2.24, 2.45) is 0 Å². The van der Waals surface area contributed by atoms with Crippen LogP contribution in [0.3, 0.4) is 0 Å². The highest BCUT2D eigenvalue weighted by molar-refractivity contribution is 5.60. The molecule has 0 spiro atoms. The summed E-state index contributed by atoms with van der Waals surface area (Å²) in [6, 6.07) is 14.0. The Bertz CT molecular complexity index is 1060. The van der Waals surface area contributed by atoms with E-state index in [1.54, 1.807) is 7.11 Å². The first-order chi connectivity index (χ1) is 14.8. The Balaban J connectivity index is 1.28. The van der Waals surface area contributed by atoms with Gasteiger partial charge in [-0.05, 0) is 18.2 Å². The van der Waals surface area contributed by atoms with Crippen molar-refractivity contribution in [1.29, 1.82) is 0 Å². The zero-order chi connectivity index (χ0) is 20.3. The zero-order valence-corrected chi connectivity index (χ0v) is 16.9. The lowest BCUT2D eigenvalue weighted by Crippen LogP contribution is -2.31. The highest BCUT2D eigenvalue weighted by Crippen LogP contribution is 2.33. The van der Waals surface area contributed by atoms with Crippen LogP contribution in [0.4, 0.5) is 11.6 Å². The van der Waals surface area contributed by atoms with Crippen molar-refractivity contribution in [2.45, 2.75) is 19.5 Å². The number of ether oxygens (including phenoxy) is 3. The number of rotatable bonds is 5. The van der Waals surface area contributed by atoms with Crippen LogP contribution in [-0.4, -0.2) is 41.7 Å².